The third-order valence-electron chi connectivity index (χ3n) is 5.26. The number of aromatic nitrogens is 4. The average molecular weight is 486 g/mol. The highest BCUT2D eigenvalue weighted by molar-refractivity contribution is 5.77. The summed E-state index contributed by atoms with van der Waals surface area (Å²) in [6.45, 7) is 3.64. The predicted molar refractivity (Wildman–Crippen MR) is 111 cm³/mol. The highest BCUT2D eigenvalue weighted by atomic mass is 19.4. The highest BCUT2D eigenvalue weighted by Crippen LogP contribution is 2.22. The van der Waals surface area contributed by atoms with Gasteiger partial charge in [0.15, 0.2) is 0 Å². The van der Waals surface area contributed by atoms with E-state index in [0.717, 1.165) is 37.4 Å². The molecule has 14 heteroatoms. The molecule has 2 aromatic rings. The summed E-state index contributed by atoms with van der Waals surface area (Å²) in [5.41, 5.74) is 1.07. The van der Waals surface area contributed by atoms with Gasteiger partial charge in [-0.3, -0.25) is 9.48 Å². The van der Waals surface area contributed by atoms with E-state index < -0.39 is 12.1 Å². The van der Waals surface area contributed by atoms with Crippen molar-refractivity contribution in [1.82, 2.24) is 24.6 Å². The molecule has 1 unspecified atom stereocenters. The Morgan fingerprint density at radius 3 is 2.56 bits per heavy atom. The number of halogens is 3. The number of alkyl halides is 3. The van der Waals surface area contributed by atoms with Gasteiger partial charge >= 0.3 is 12.1 Å². The van der Waals surface area contributed by atoms with Crippen molar-refractivity contribution in [1.29, 1.82) is 0 Å². The zero-order valence-corrected chi connectivity index (χ0v) is 18.4. The molecule has 4 rings (SSSR count). The number of ether oxygens (including phenoxy) is 2. The van der Waals surface area contributed by atoms with Crippen LogP contribution in [0, 0.1) is 0 Å². The van der Waals surface area contributed by atoms with Crippen molar-refractivity contribution >= 4 is 17.7 Å². The summed E-state index contributed by atoms with van der Waals surface area (Å²) in [5, 5.41) is 11.5. The number of carboxylic acids is 1. The summed E-state index contributed by atoms with van der Waals surface area (Å²) >= 11 is 0. The Kier molecular flexibility index (Phi) is 8.26. The van der Waals surface area contributed by atoms with Crippen LogP contribution < -0.4 is 9.64 Å². The molecule has 0 radical (unpaired) electrons. The van der Waals surface area contributed by atoms with Crippen molar-refractivity contribution in [2.24, 2.45) is 0 Å². The van der Waals surface area contributed by atoms with Crippen molar-refractivity contribution in [2.75, 3.05) is 38.3 Å². The van der Waals surface area contributed by atoms with E-state index in [1.54, 1.807) is 19.4 Å². The van der Waals surface area contributed by atoms with E-state index >= 15 is 0 Å². The molecule has 4 heterocycles. The topological polar surface area (TPSA) is 123 Å². The summed E-state index contributed by atoms with van der Waals surface area (Å²) in [4.78, 5) is 33.7. The number of carboxylic acid groups (broad SMARTS) is 1. The lowest BCUT2D eigenvalue weighted by Crippen LogP contribution is -2.37. The van der Waals surface area contributed by atoms with Gasteiger partial charge in [-0.1, -0.05) is 0 Å². The van der Waals surface area contributed by atoms with E-state index in [1.165, 1.54) is 6.33 Å². The van der Waals surface area contributed by atoms with Gasteiger partial charge < -0.3 is 24.4 Å². The zero-order valence-electron chi connectivity index (χ0n) is 18.4. The summed E-state index contributed by atoms with van der Waals surface area (Å²) < 4.78 is 44.9. The predicted octanol–water partition coefficient (Wildman–Crippen LogP) is 1.34. The lowest BCUT2D eigenvalue weighted by Gasteiger charge is -2.25. The second kappa shape index (κ2) is 11.1. The van der Waals surface area contributed by atoms with Gasteiger partial charge in [-0.15, -0.1) is 0 Å². The van der Waals surface area contributed by atoms with Crippen LogP contribution in [0.1, 0.15) is 18.5 Å². The second-order valence-corrected chi connectivity index (χ2v) is 7.63. The molecule has 0 aliphatic carbocycles. The highest BCUT2D eigenvalue weighted by Gasteiger charge is 2.38. The summed E-state index contributed by atoms with van der Waals surface area (Å²) in [6.07, 6.45) is 0.179. The first-order valence-corrected chi connectivity index (χ1v) is 10.5. The Morgan fingerprint density at radius 2 is 1.91 bits per heavy atom. The van der Waals surface area contributed by atoms with E-state index in [2.05, 4.69) is 20.0 Å². The average Bonchev–Trinajstić information content (AvgIpc) is 3.46. The number of likely N-dealkylation sites (tertiary alicyclic amines) is 1. The number of rotatable bonds is 5. The monoisotopic (exact) mass is 486 g/mol. The first-order valence-electron chi connectivity index (χ1n) is 10.5. The molecule has 1 fully saturated rings. The van der Waals surface area contributed by atoms with Crippen LogP contribution in [0.25, 0.3) is 0 Å². The molecule has 0 spiro atoms. The number of nitrogens with zero attached hydrogens (tertiary/aromatic N) is 6. The Morgan fingerprint density at radius 1 is 1.21 bits per heavy atom. The second-order valence-electron chi connectivity index (χ2n) is 7.63. The molecule has 1 N–H and O–H groups in total. The maximum absolute atomic E-state index is 12.3. The molecule has 1 saturated heterocycles. The minimum Gasteiger partial charge on any atom is -0.481 e. The third-order valence-corrected chi connectivity index (χ3v) is 5.26. The van der Waals surface area contributed by atoms with Crippen LogP contribution >= 0.6 is 0 Å². The number of amides is 1. The summed E-state index contributed by atoms with van der Waals surface area (Å²) in [5.74, 6) is -1.42. The van der Waals surface area contributed by atoms with Crippen molar-refractivity contribution in [3.8, 4) is 5.88 Å². The molecule has 11 nitrogen and oxygen atoms in total. The summed E-state index contributed by atoms with van der Waals surface area (Å²) in [7, 11) is 1.58. The Bertz CT molecular complexity index is 980. The van der Waals surface area contributed by atoms with Gasteiger partial charge in [-0.05, 0) is 18.9 Å². The molecule has 2 aromatic heterocycles. The van der Waals surface area contributed by atoms with Crippen LogP contribution in [0.15, 0.2) is 24.7 Å². The molecule has 1 amide bonds. The molecule has 34 heavy (non-hydrogen) atoms. The maximum Gasteiger partial charge on any atom is 0.490 e. The lowest BCUT2D eigenvalue weighted by atomic mass is 10.3. The van der Waals surface area contributed by atoms with Crippen LogP contribution in [-0.2, 0) is 27.4 Å². The number of carbonyl (C=O) groups excluding carboxylic acids is 1. The van der Waals surface area contributed by atoms with E-state index in [9.17, 15) is 18.0 Å². The molecule has 0 aromatic carbocycles. The lowest BCUT2D eigenvalue weighted by molar-refractivity contribution is -0.192. The summed E-state index contributed by atoms with van der Waals surface area (Å²) in [6, 6.07) is 3.79. The van der Waals surface area contributed by atoms with Gasteiger partial charge in [-0.25, -0.2) is 14.8 Å². The smallest absolute Gasteiger partial charge is 0.481 e. The van der Waals surface area contributed by atoms with E-state index in [4.69, 9.17) is 19.4 Å². The number of carbonyl (C=O) groups is 2. The quantitative estimate of drug-likeness (QED) is 0.667. The van der Waals surface area contributed by atoms with Crippen molar-refractivity contribution < 1.29 is 37.3 Å². The number of anilines is 1. The number of methoxy groups -OCH3 is 1. The fourth-order valence-electron chi connectivity index (χ4n) is 3.56. The van der Waals surface area contributed by atoms with Gasteiger partial charge in [0.2, 0.25) is 11.8 Å². The molecular weight excluding hydrogens is 461 g/mol. The number of hydrogen-bond donors (Lipinski definition) is 1. The molecule has 1 atom stereocenters. The van der Waals surface area contributed by atoms with Crippen LogP contribution in [0.5, 0.6) is 5.88 Å². The number of hydrogen-bond acceptors (Lipinski definition) is 8. The Balaban J connectivity index is 0.000000406. The standard InChI is InChI=1S/C18H24N6O3.C2HF3O2/c1-26-17-8-16(19-13-20-17)23-9-14-4-5-21-24(14)11-15(10-23)27-12-18(25)22-6-2-3-7-22;3-2(4,5)1(6)7/h4-5,8,13,15H,2-3,6-7,9-12H2,1H3;(H,6,7). The van der Waals surface area contributed by atoms with E-state index in [0.29, 0.717) is 25.5 Å². The van der Waals surface area contributed by atoms with E-state index in [-0.39, 0.29) is 18.6 Å². The van der Waals surface area contributed by atoms with Gasteiger partial charge in [0.1, 0.15) is 18.8 Å². The Hall–Kier alpha value is -3.42. The molecule has 2 aliphatic rings. The zero-order chi connectivity index (χ0) is 24.7. The van der Waals surface area contributed by atoms with Crippen molar-refractivity contribution in [3.63, 3.8) is 0 Å². The van der Waals surface area contributed by atoms with Crippen LogP contribution in [0.2, 0.25) is 0 Å². The molecule has 186 valence electrons. The van der Waals surface area contributed by atoms with Crippen LogP contribution in [0.3, 0.4) is 0 Å². The fourth-order valence-corrected chi connectivity index (χ4v) is 3.56. The van der Waals surface area contributed by atoms with Crippen LogP contribution in [0.4, 0.5) is 19.0 Å². The van der Waals surface area contributed by atoms with Gasteiger partial charge in [0, 0.05) is 31.9 Å². The van der Waals surface area contributed by atoms with Crippen LogP contribution in [-0.4, -0.2) is 87.3 Å². The first-order chi connectivity index (χ1) is 16.2. The minimum absolute atomic E-state index is 0.0627. The first kappa shape index (κ1) is 25.2. The van der Waals surface area contributed by atoms with Crippen molar-refractivity contribution in [3.05, 3.63) is 30.4 Å². The number of fused-ring (bicyclic) bond motifs is 1. The number of aliphatic carboxylic acids is 1. The largest absolute Gasteiger partial charge is 0.490 e. The molecule has 2 aliphatic heterocycles. The van der Waals surface area contributed by atoms with Gasteiger partial charge in [-0.2, -0.15) is 18.3 Å². The molecule has 0 bridgehead atoms. The van der Waals surface area contributed by atoms with Gasteiger partial charge in [0.05, 0.1) is 32.0 Å². The maximum atomic E-state index is 12.3. The SMILES string of the molecule is COc1cc(N2Cc3ccnn3CC(OCC(=O)N3CCCC3)C2)ncn1.O=C(O)C(F)(F)F. The van der Waals surface area contributed by atoms with E-state index in [1.807, 2.05) is 15.6 Å². The molecular formula is C20H25F3N6O5. The van der Waals surface area contributed by atoms with Crippen molar-refractivity contribution in [2.45, 2.75) is 38.2 Å². The normalized spacial score (nSPS) is 17.9. The van der Waals surface area contributed by atoms with Gasteiger partial charge in [0.25, 0.3) is 0 Å². The minimum atomic E-state index is -5.08. The molecule has 0 saturated carbocycles. The fraction of sp³-hybridized carbons (Fsp3) is 0.550. The third kappa shape index (κ3) is 6.79. The Labute approximate surface area is 193 Å².